The third kappa shape index (κ3) is 7.68. The number of ether oxygens (including phenoxy) is 3. The topological polar surface area (TPSA) is 27.7 Å². The summed E-state index contributed by atoms with van der Waals surface area (Å²) >= 11 is 0. The number of hydrogen-bond donors (Lipinski definition) is 0. The summed E-state index contributed by atoms with van der Waals surface area (Å²) < 4.78 is 17.6. The Morgan fingerprint density at radius 2 is 0.674 bits per heavy atom. The van der Waals surface area contributed by atoms with Crippen molar-refractivity contribution < 1.29 is 14.2 Å². The zero-order valence-electron chi connectivity index (χ0n) is 27.0. The first-order valence-corrected chi connectivity index (χ1v) is 15.8. The fraction of sp³-hybridized carbons (Fsp3) is 0.163. The molecule has 0 aliphatic heterocycles. The molecule has 0 amide bonds. The fourth-order valence-corrected chi connectivity index (χ4v) is 5.59. The molecule has 6 aromatic carbocycles. The van der Waals surface area contributed by atoms with Crippen molar-refractivity contribution in [1.82, 2.24) is 0 Å². The second-order valence-corrected chi connectivity index (χ2v) is 12.4. The third-order valence-corrected chi connectivity index (χ3v) is 8.57. The molecule has 0 unspecified atom stereocenters. The van der Waals surface area contributed by atoms with Crippen LogP contribution in [0.4, 0.5) is 0 Å². The molecule has 3 nitrogen and oxygen atoms in total. The largest absolute Gasteiger partial charge is 0.497 e. The van der Waals surface area contributed by atoms with Gasteiger partial charge in [-0.25, -0.2) is 0 Å². The van der Waals surface area contributed by atoms with E-state index in [4.69, 9.17) is 14.2 Å². The molecule has 0 heterocycles. The molecule has 0 N–H and O–H groups in total. The van der Waals surface area contributed by atoms with Crippen LogP contribution >= 0.6 is 0 Å². The molecule has 0 saturated carbocycles. The van der Waals surface area contributed by atoms with E-state index in [9.17, 15) is 0 Å². The minimum Gasteiger partial charge on any atom is -0.497 e. The van der Waals surface area contributed by atoms with Crippen molar-refractivity contribution in [3.63, 3.8) is 0 Å². The van der Waals surface area contributed by atoms with Crippen molar-refractivity contribution in [2.24, 2.45) is 0 Å². The highest BCUT2D eigenvalue weighted by Crippen LogP contribution is 2.34. The van der Waals surface area contributed by atoms with Gasteiger partial charge in [-0.15, -0.1) is 0 Å². The SMILES string of the molecule is COc1ccc(C(C)(C)c2ccc(Oc3ccc(Cc4ccc(Oc5ccc(Cc6ccc(C)cc6)cc5)cc4)cc3)cc2)cc1. The molecule has 3 heteroatoms. The lowest BCUT2D eigenvalue weighted by molar-refractivity contribution is 0.414. The molecule has 0 fully saturated rings. The lowest BCUT2D eigenvalue weighted by atomic mass is 9.78. The summed E-state index contributed by atoms with van der Waals surface area (Å²) in [7, 11) is 1.69. The molecule has 0 spiro atoms. The van der Waals surface area contributed by atoms with Crippen LogP contribution < -0.4 is 14.2 Å². The second kappa shape index (κ2) is 13.8. The van der Waals surface area contributed by atoms with Crippen molar-refractivity contribution in [2.75, 3.05) is 7.11 Å². The highest BCUT2D eigenvalue weighted by Gasteiger charge is 2.23. The number of aryl methyl sites for hydroxylation is 1. The van der Waals surface area contributed by atoms with Crippen LogP contribution in [0, 0.1) is 6.92 Å². The first-order valence-electron chi connectivity index (χ1n) is 15.8. The predicted octanol–water partition coefficient (Wildman–Crippen LogP) is 11.1. The van der Waals surface area contributed by atoms with Crippen LogP contribution in [0.2, 0.25) is 0 Å². The Morgan fingerprint density at radius 3 is 1.00 bits per heavy atom. The first kappa shape index (κ1) is 30.7. The fourth-order valence-electron chi connectivity index (χ4n) is 5.59. The molecule has 0 aromatic heterocycles. The average Bonchev–Trinajstić information content (AvgIpc) is 3.09. The van der Waals surface area contributed by atoms with Gasteiger partial charge >= 0.3 is 0 Å². The van der Waals surface area contributed by atoms with Crippen LogP contribution in [0.1, 0.15) is 52.8 Å². The Bertz CT molecular complexity index is 1830. The second-order valence-electron chi connectivity index (χ2n) is 12.4. The van der Waals surface area contributed by atoms with Crippen molar-refractivity contribution in [3.05, 3.63) is 185 Å². The van der Waals surface area contributed by atoms with Crippen LogP contribution in [0.5, 0.6) is 28.7 Å². The van der Waals surface area contributed by atoms with Gasteiger partial charge < -0.3 is 14.2 Å². The summed E-state index contributed by atoms with van der Waals surface area (Å²) in [5, 5.41) is 0. The van der Waals surface area contributed by atoms with E-state index < -0.39 is 0 Å². The van der Waals surface area contributed by atoms with Gasteiger partial charge in [0, 0.05) is 5.41 Å². The van der Waals surface area contributed by atoms with Gasteiger partial charge in [0.1, 0.15) is 28.7 Å². The molecular formula is C43H40O3. The van der Waals surface area contributed by atoms with Gasteiger partial charge in [-0.1, -0.05) is 104 Å². The highest BCUT2D eigenvalue weighted by molar-refractivity contribution is 5.43. The van der Waals surface area contributed by atoms with E-state index >= 15 is 0 Å². The summed E-state index contributed by atoms with van der Waals surface area (Å²) in [6.07, 6.45) is 1.75. The van der Waals surface area contributed by atoms with Gasteiger partial charge in [-0.3, -0.25) is 0 Å². The minimum atomic E-state index is -0.134. The van der Waals surface area contributed by atoms with Gasteiger partial charge in [-0.2, -0.15) is 0 Å². The van der Waals surface area contributed by atoms with E-state index in [0.717, 1.165) is 41.6 Å². The maximum atomic E-state index is 6.17. The number of hydrogen-bond acceptors (Lipinski definition) is 3. The molecule has 230 valence electrons. The summed E-state index contributed by atoms with van der Waals surface area (Å²) in [4.78, 5) is 0. The van der Waals surface area contributed by atoms with Crippen molar-refractivity contribution >= 4 is 0 Å². The van der Waals surface area contributed by atoms with Crippen LogP contribution in [0.15, 0.2) is 146 Å². The van der Waals surface area contributed by atoms with Crippen LogP contribution in [-0.2, 0) is 18.3 Å². The highest BCUT2D eigenvalue weighted by atomic mass is 16.5. The molecule has 0 aliphatic carbocycles. The van der Waals surface area contributed by atoms with E-state index in [1.165, 1.54) is 38.9 Å². The van der Waals surface area contributed by atoms with E-state index in [0.29, 0.717) is 0 Å². The molecule has 0 radical (unpaired) electrons. The zero-order chi connectivity index (χ0) is 31.9. The van der Waals surface area contributed by atoms with Gasteiger partial charge in [-0.05, 0) is 114 Å². The average molecular weight is 605 g/mol. The number of rotatable bonds is 11. The molecular weight excluding hydrogens is 564 g/mol. The molecule has 6 rings (SSSR count). The molecule has 0 atom stereocenters. The van der Waals surface area contributed by atoms with Crippen LogP contribution in [0.3, 0.4) is 0 Å². The van der Waals surface area contributed by atoms with Crippen LogP contribution in [0.25, 0.3) is 0 Å². The quantitative estimate of drug-likeness (QED) is 0.147. The molecule has 0 bridgehead atoms. The maximum absolute atomic E-state index is 6.17. The summed E-state index contributed by atoms with van der Waals surface area (Å²) in [6, 6.07) is 50.3. The van der Waals surface area contributed by atoms with E-state index in [2.05, 4.69) is 106 Å². The van der Waals surface area contributed by atoms with E-state index in [1.54, 1.807) is 7.11 Å². The van der Waals surface area contributed by atoms with E-state index in [1.807, 2.05) is 60.7 Å². The molecule has 46 heavy (non-hydrogen) atoms. The molecule has 0 aliphatic rings. The predicted molar refractivity (Wildman–Crippen MR) is 188 cm³/mol. The normalized spacial score (nSPS) is 11.2. The Morgan fingerprint density at radius 1 is 0.391 bits per heavy atom. The zero-order valence-corrected chi connectivity index (χ0v) is 27.0. The lowest BCUT2D eigenvalue weighted by Crippen LogP contribution is -2.18. The van der Waals surface area contributed by atoms with Gasteiger partial charge in [0.05, 0.1) is 7.11 Å². The van der Waals surface area contributed by atoms with Crippen molar-refractivity contribution in [3.8, 4) is 28.7 Å². The van der Waals surface area contributed by atoms with Crippen molar-refractivity contribution in [2.45, 2.75) is 39.0 Å². The number of benzene rings is 6. The van der Waals surface area contributed by atoms with Crippen LogP contribution in [-0.4, -0.2) is 7.11 Å². The minimum absolute atomic E-state index is 0.134. The lowest BCUT2D eigenvalue weighted by Gasteiger charge is -2.26. The van der Waals surface area contributed by atoms with Gasteiger partial charge in [0.25, 0.3) is 0 Å². The Hall–Kier alpha value is -5.28. The molecule has 6 aromatic rings. The summed E-state index contributed by atoms with van der Waals surface area (Å²) in [5.41, 5.74) is 8.64. The third-order valence-electron chi connectivity index (χ3n) is 8.57. The molecule has 0 saturated heterocycles. The van der Waals surface area contributed by atoms with Gasteiger partial charge in [0.15, 0.2) is 0 Å². The maximum Gasteiger partial charge on any atom is 0.127 e. The Kier molecular flexibility index (Phi) is 9.21. The summed E-state index contributed by atoms with van der Waals surface area (Å²) in [5.74, 6) is 4.17. The number of methoxy groups -OCH3 is 1. The monoisotopic (exact) mass is 604 g/mol. The van der Waals surface area contributed by atoms with Crippen molar-refractivity contribution in [1.29, 1.82) is 0 Å². The smallest absolute Gasteiger partial charge is 0.127 e. The van der Waals surface area contributed by atoms with E-state index in [-0.39, 0.29) is 5.41 Å². The first-order chi connectivity index (χ1) is 22.3. The Labute approximate surface area is 273 Å². The summed E-state index contributed by atoms with van der Waals surface area (Å²) in [6.45, 7) is 6.58. The Balaban J connectivity index is 1.01. The van der Waals surface area contributed by atoms with Gasteiger partial charge in [0.2, 0.25) is 0 Å². The standard InChI is InChI=1S/C43H40O3/c1-31-5-7-32(8-6-31)29-33-9-19-39(20-10-33)45-40-21-11-34(12-22-40)30-35-13-23-41(24-14-35)46-42-27-17-37(18-28-42)43(2,3)36-15-25-38(44-4)26-16-36/h5-28H,29-30H2,1-4H3.